The lowest BCUT2D eigenvalue weighted by Crippen LogP contribution is -2.14. The zero-order chi connectivity index (χ0) is 17.4. The van der Waals surface area contributed by atoms with Gasteiger partial charge >= 0.3 is 0 Å². The van der Waals surface area contributed by atoms with Crippen LogP contribution >= 0.6 is 0 Å². The second-order valence-corrected chi connectivity index (χ2v) is 6.67. The van der Waals surface area contributed by atoms with Crippen LogP contribution in [0.4, 0.5) is 11.5 Å². The van der Waals surface area contributed by atoms with Crippen LogP contribution in [0, 0.1) is 0 Å². The smallest absolute Gasteiger partial charge is 0.263 e. The molecule has 0 fully saturated rings. The number of hydrogen-bond acceptors (Lipinski definition) is 6. The molecule has 0 aliphatic carbocycles. The van der Waals surface area contributed by atoms with Crippen molar-refractivity contribution in [3.63, 3.8) is 0 Å². The second kappa shape index (κ2) is 8.51. The summed E-state index contributed by atoms with van der Waals surface area (Å²) in [7, 11) is -0.498. The molecule has 0 unspecified atom stereocenters. The van der Waals surface area contributed by atoms with Gasteiger partial charge in [-0.25, -0.2) is 13.4 Å². The number of benzene rings is 1. The molecule has 0 spiro atoms. The molecule has 0 atom stereocenters. The van der Waals surface area contributed by atoms with Crippen LogP contribution in [-0.2, 0) is 14.8 Å². The summed E-state index contributed by atoms with van der Waals surface area (Å²) in [5.74, 6) is 0.851. The van der Waals surface area contributed by atoms with Gasteiger partial charge in [0.05, 0.1) is 23.9 Å². The first kappa shape index (κ1) is 18.0. The minimum atomic E-state index is -3.68. The largest absolute Gasteiger partial charge is 0.497 e. The van der Waals surface area contributed by atoms with Crippen LogP contribution in [0.2, 0.25) is 0 Å². The van der Waals surface area contributed by atoms with Crippen LogP contribution in [-0.4, -0.2) is 40.8 Å². The Morgan fingerprint density at radius 1 is 1.08 bits per heavy atom. The SMILES string of the molecule is COCCCNc1ccc(NS(=O)(=O)c2ccc(OC)cc2)nc1. The summed E-state index contributed by atoms with van der Waals surface area (Å²) in [6, 6.07) is 9.52. The number of ether oxygens (including phenoxy) is 2. The predicted octanol–water partition coefficient (Wildman–Crippen LogP) is 2.34. The summed E-state index contributed by atoms with van der Waals surface area (Å²) in [5, 5.41) is 3.18. The molecule has 0 aliphatic rings. The Morgan fingerprint density at radius 2 is 1.83 bits per heavy atom. The van der Waals surface area contributed by atoms with Crippen LogP contribution in [0.25, 0.3) is 0 Å². The van der Waals surface area contributed by atoms with Crippen molar-refractivity contribution in [1.82, 2.24) is 4.98 Å². The number of hydrogen-bond donors (Lipinski definition) is 2. The first-order valence-corrected chi connectivity index (χ1v) is 8.89. The zero-order valence-corrected chi connectivity index (χ0v) is 14.5. The van der Waals surface area contributed by atoms with Crippen LogP contribution < -0.4 is 14.8 Å². The molecule has 2 aromatic rings. The number of nitrogens with zero attached hydrogens (tertiary/aromatic N) is 1. The summed E-state index contributed by atoms with van der Waals surface area (Å²) in [5.41, 5.74) is 0.818. The van der Waals surface area contributed by atoms with Crippen LogP contribution in [0.1, 0.15) is 6.42 Å². The quantitative estimate of drug-likeness (QED) is 0.674. The van der Waals surface area contributed by atoms with Crippen LogP contribution in [0.5, 0.6) is 5.75 Å². The van der Waals surface area contributed by atoms with E-state index >= 15 is 0 Å². The minimum absolute atomic E-state index is 0.145. The molecule has 0 aliphatic heterocycles. The number of anilines is 2. The van der Waals surface area contributed by atoms with Crippen molar-refractivity contribution in [3.05, 3.63) is 42.6 Å². The second-order valence-electron chi connectivity index (χ2n) is 4.99. The van der Waals surface area contributed by atoms with E-state index < -0.39 is 10.0 Å². The van der Waals surface area contributed by atoms with E-state index in [9.17, 15) is 8.42 Å². The highest BCUT2D eigenvalue weighted by Crippen LogP contribution is 2.18. The lowest BCUT2D eigenvalue weighted by molar-refractivity contribution is 0.198. The summed E-state index contributed by atoms with van der Waals surface area (Å²) < 4.78 is 37.1. The van der Waals surface area contributed by atoms with Crippen molar-refractivity contribution in [1.29, 1.82) is 0 Å². The third-order valence-corrected chi connectivity index (χ3v) is 4.60. The molecule has 1 aromatic heterocycles. The molecule has 24 heavy (non-hydrogen) atoms. The Bertz CT molecular complexity index is 731. The van der Waals surface area contributed by atoms with Crippen molar-refractivity contribution in [3.8, 4) is 5.75 Å². The van der Waals surface area contributed by atoms with Gasteiger partial charge in [0.2, 0.25) is 0 Å². The molecule has 0 bridgehead atoms. The monoisotopic (exact) mass is 351 g/mol. The fourth-order valence-corrected chi connectivity index (χ4v) is 2.97. The molecule has 0 radical (unpaired) electrons. The molecular formula is C16H21N3O4S. The highest BCUT2D eigenvalue weighted by Gasteiger charge is 2.14. The van der Waals surface area contributed by atoms with E-state index in [0.717, 1.165) is 18.7 Å². The maximum atomic E-state index is 12.3. The van der Waals surface area contributed by atoms with E-state index in [0.29, 0.717) is 12.4 Å². The number of aromatic nitrogens is 1. The van der Waals surface area contributed by atoms with Gasteiger partial charge in [0, 0.05) is 20.3 Å². The zero-order valence-electron chi connectivity index (χ0n) is 13.7. The fourth-order valence-electron chi connectivity index (χ4n) is 1.96. The Hall–Kier alpha value is -2.32. The predicted molar refractivity (Wildman–Crippen MR) is 93.0 cm³/mol. The Balaban J connectivity index is 1.98. The first-order chi connectivity index (χ1) is 11.5. The Kier molecular flexibility index (Phi) is 6.39. The molecule has 2 rings (SSSR count). The van der Waals surface area contributed by atoms with Gasteiger partial charge in [0.25, 0.3) is 10.0 Å². The van der Waals surface area contributed by atoms with E-state index in [1.54, 1.807) is 37.6 Å². The topological polar surface area (TPSA) is 89.6 Å². The van der Waals surface area contributed by atoms with Crippen molar-refractivity contribution < 1.29 is 17.9 Å². The lowest BCUT2D eigenvalue weighted by Gasteiger charge is -2.09. The van der Waals surface area contributed by atoms with Gasteiger partial charge in [0.15, 0.2) is 0 Å². The highest BCUT2D eigenvalue weighted by atomic mass is 32.2. The van der Waals surface area contributed by atoms with Gasteiger partial charge in [-0.2, -0.15) is 0 Å². The van der Waals surface area contributed by atoms with E-state index in [1.165, 1.54) is 19.2 Å². The fraction of sp³-hybridized carbons (Fsp3) is 0.312. The van der Waals surface area contributed by atoms with E-state index in [4.69, 9.17) is 9.47 Å². The summed E-state index contributed by atoms with van der Waals surface area (Å²) >= 11 is 0. The third kappa shape index (κ3) is 5.10. The molecule has 130 valence electrons. The standard InChI is InChI=1S/C16H21N3O4S/c1-22-11-3-10-17-13-4-9-16(18-12-13)19-24(20,21)15-7-5-14(23-2)6-8-15/h4-9,12,17H,3,10-11H2,1-2H3,(H,18,19). The molecule has 2 N–H and O–H groups in total. The van der Waals surface area contributed by atoms with Crippen molar-refractivity contribution in [2.24, 2.45) is 0 Å². The van der Waals surface area contributed by atoms with Gasteiger partial charge < -0.3 is 14.8 Å². The highest BCUT2D eigenvalue weighted by molar-refractivity contribution is 7.92. The minimum Gasteiger partial charge on any atom is -0.497 e. The van der Waals surface area contributed by atoms with Crippen molar-refractivity contribution in [2.75, 3.05) is 37.4 Å². The molecule has 1 aromatic carbocycles. The van der Waals surface area contributed by atoms with E-state index in [2.05, 4.69) is 15.0 Å². The average Bonchev–Trinajstić information content (AvgIpc) is 2.60. The van der Waals surface area contributed by atoms with Crippen LogP contribution in [0.15, 0.2) is 47.5 Å². The van der Waals surface area contributed by atoms with Crippen molar-refractivity contribution >= 4 is 21.5 Å². The summed E-state index contributed by atoms with van der Waals surface area (Å²) in [6.45, 7) is 1.44. The van der Waals surface area contributed by atoms with Gasteiger partial charge in [-0.05, 0) is 42.8 Å². The van der Waals surface area contributed by atoms with Gasteiger partial charge in [-0.1, -0.05) is 0 Å². The number of pyridine rings is 1. The molecular weight excluding hydrogens is 330 g/mol. The van der Waals surface area contributed by atoms with Crippen molar-refractivity contribution in [2.45, 2.75) is 11.3 Å². The lowest BCUT2D eigenvalue weighted by atomic mass is 10.3. The van der Waals surface area contributed by atoms with Crippen LogP contribution in [0.3, 0.4) is 0 Å². The van der Waals surface area contributed by atoms with Gasteiger partial charge in [0.1, 0.15) is 11.6 Å². The molecule has 0 saturated carbocycles. The van der Waals surface area contributed by atoms with Gasteiger partial charge in [-0.15, -0.1) is 0 Å². The maximum absolute atomic E-state index is 12.3. The number of nitrogens with one attached hydrogen (secondary N) is 2. The molecule has 1 heterocycles. The molecule has 0 amide bonds. The number of methoxy groups -OCH3 is 2. The van der Waals surface area contributed by atoms with E-state index in [1.807, 2.05) is 0 Å². The third-order valence-electron chi connectivity index (χ3n) is 3.23. The maximum Gasteiger partial charge on any atom is 0.263 e. The molecule has 8 heteroatoms. The number of rotatable bonds is 9. The Morgan fingerprint density at radius 3 is 2.42 bits per heavy atom. The summed E-state index contributed by atoms with van der Waals surface area (Å²) in [4.78, 5) is 4.26. The van der Waals surface area contributed by atoms with Gasteiger partial charge in [-0.3, -0.25) is 4.72 Å². The molecule has 0 saturated heterocycles. The van der Waals surface area contributed by atoms with E-state index in [-0.39, 0.29) is 10.7 Å². The molecule has 7 nitrogen and oxygen atoms in total. The first-order valence-electron chi connectivity index (χ1n) is 7.41. The average molecular weight is 351 g/mol. The summed E-state index contributed by atoms with van der Waals surface area (Å²) in [6.07, 6.45) is 2.46. The Labute approximate surface area is 142 Å². The normalized spacial score (nSPS) is 11.1. The number of sulfonamides is 1.